The summed E-state index contributed by atoms with van der Waals surface area (Å²) in [5.74, 6) is -0.315. The molecule has 3 rings (SSSR count). The molecule has 3 aromatic rings. The number of carbonyl (C=O) groups excluding carboxylic acids is 1. The van der Waals surface area contributed by atoms with Gasteiger partial charge >= 0.3 is 0 Å². The first kappa shape index (κ1) is 22.3. The number of aryl methyl sites for hydroxylation is 2. The van der Waals surface area contributed by atoms with Gasteiger partial charge in [-0.25, -0.2) is 4.39 Å². The lowest BCUT2D eigenvalue weighted by Crippen LogP contribution is -2.13. The summed E-state index contributed by atoms with van der Waals surface area (Å²) in [5, 5.41) is 12.0. The van der Waals surface area contributed by atoms with Crippen LogP contribution in [0.15, 0.2) is 70.7 Å². The molecule has 31 heavy (non-hydrogen) atoms. The number of amides is 1. The van der Waals surface area contributed by atoms with Gasteiger partial charge in [-0.2, -0.15) is 5.26 Å². The third kappa shape index (κ3) is 6.27. The Bertz CT molecular complexity index is 1160. The van der Waals surface area contributed by atoms with Gasteiger partial charge in [0.2, 0.25) is 0 Å². The maximum Gasteiger partial charge on any atom is 0.266 e. The molecular weight excluding hydrogens is 459 g/mol. The van der Waals surface area contributed by atoms with Crippen LogP contribution in [0, 0.1) is 31.0 Å². The maximum absolute atomic E-state index is 13.0. The first-order valence-corrected chi connectivity index (χ1v) is 10.3. The number of benzene rings is 3. The van der Waals surface area contributed by atoms with Crippen molar-refractivity contribution in [1.29, 1.82) is 5.26 Å². The van der Waals surface area contributed by atoms with Crippen LogP contribution < -0.4 is 10.1 Å². The van der Waals surface area contributed by atoms with Crippen molar-refractivity contribution in [3.63, 3.8) is 0 Å². The van der Waals surface area contributed by atoms with E-state index in [1.165, 1.54) is 41.5 Å². The van der Waals surface area contributed by atoms with E-state index in [9.17, 15) is 14.4 Å². The van der Waals surface area contributed by atoms with Gasteiger partial charge in [-0.1, -0.05) is 35.4 Å². The van der Waals surface area contributed by atoms with Crippen LogP contribution in [0.3, 0.4) is 0 Å². The Kier molecular flexibility index (Phi) is 7.22. The number of carbonyl (C=O) groups is 1. The molecule has 6 heteroatoms. The van der Waals surface area contributed by atoms with Crippen LogP contribution >= 0.6 is 15.9 Å². The molecule has 0 saturated carbocycles. The third-order valence-electron chi connectivity index (χ3n) is 4.41. The molecule has 0 aliphatic rings. The highest BCUT2D eigenvalue weighted by molar-refractivity contribution is 9.10. The largest absolute Gasteiger partial charge is 0.488 e. The van der Waals surface area contributed by atoms with E-state index in [4.69, 9.17) is 4.74 Å². The molecule has 0 aromatic heterocycles. The number of hydrogen-bond donors (Lipinski definition) is 1. The summed E-state index contributed by atoms with van der Waals surface area (Å²) in [7, 11) is 0. The standard InChI is InChI=1S/C25H20BrFN2O2/c1-16-9-17(2)11-19(10-16)15-31-24-8-3-18(13-23(24)26)12-20(14-28)25(30)29-22-6-4-21(27)5-7-22/h3-13H,15H2,1-2H3,(H,29,30)/b20-12+. The van der Waals surface area contributed by atoms with E-state index in [1.807, 2.05) is 19.9 Å². The van der Waals surface area contributed by atoms with Crippen LogP contribution in [0.4, 0.5) is 10.1 Å². The smallest absolute Gasteiger partial charge is 0.266 e. The Labute approximate surface area is 189 Å². The minimum Gasteiger partial charge on any atom is -0.488 e. The fourth-order valence-electron chi connectivity index (χ4n) is 3.08. The molecular formula is C25H20BrFN2O2. The summed E-state index contributed by atoms with van der Waals surface area (Å²) < 4.78 is 19.6. The molecule has 0 spiro atoms. The predicted octanol–water partition coefficient (Wildman–Crippen LogP) is 6.33. The van der Waals surface area contributed by atoms with Gasteiger partial charge in [0, 0.05) is 5.69 Å². The molecule has 4 nitrogen and oxygen atoms in total. The van der Waals surface area contributed by atoms with Crippen molar-refractivity contribution in [3.8, 4) is 11.8 Å². The van der Waals surface area contributed by atoms with Crippen molar-refractivity contribution in [1.82, 2.24) is 0 Å². The average molecular weight is 479 g/mol. The number of nitrogens with zero attached hydrogens (tertiary/aromatic N) is 1. The van der Waals surface area contributed by atoms with Gasteiger partial charge in [0.15, 0.2) is 0 Å². The molecule has 1 N–H and O–H groups in total. The van der Waals surface area contributed by atoms with Crippen LogP contribution in [-0.4, -0.2) is 5.91 Å². The van der Waals surface area contributed by atoms with Gasteiger partial charge in [-0.05, 0) is 83.4 Å². The summed E-state index contributed by atoms with van der Waals surface area (Å²) in [4.78, 5) is 12.4. The van der Waals surface area contributed by atoms with Crippen LogP contribution in [-0.2, 0) is 11.4 Å². The highest BCUT2D eigenvalue weighted by Gasteiger charge is 2.11. The van der Waals surface area contributed by atoms with Gasteiger partial charge in [-0.15, -0.1) is 0 Å². The molecule has 0 bridgehead atoms. The second-order valence-electron chi connectivity index (χ2n) is 7.11. The van der Waals surface area contributed by atoms with Crippen LogP contribution in [0.1, 0.15) is 22.3 Å². The first-order chi connectivity index (χ1) is 14.8. The summed E-state index contributed by atoms with van der Waals surface area (Å²) in [6.07, 6.45) is 1.48. The third-order valence-corrected chi connectivity index (χ3v) is 5.03. The lowest BCUT2D eigenvalue weighted by Gasteiger charge is -2.10. The second kappa shape index (κ2) is 10.1. The van der Waals surface area contributed by atoms with E-state index in [0.717, 1.165) is 5.56 Å². The molecule has 3 aromatic carbocycles. The van der Waals surface area contributed by atoms with Crippen molar-refractivity contribution in [2.24, 2.45) is 0 Å². The first-order valence-electron chi connectivity index (χ1n) is 9.52. The molecule has 0 aliphatic heterocycles. The maximum atomic E-state index is 13.0. The van der Waals surface area contributed by atoms with E-state index in [0.29, 0.717) is 28.1 Å². The van der Waals surface area contributed by atoms with Gasteiger partial charge in [0.1, 0.15) is 29.8 Å². The van der Waals surface area contributed by atoms with Gasteiger partial charge < -0.3 is 10.1 Å². The molecule has 0 aliphatic carbocycles. The normalized spacial score (nSPS) is 11.0. The number of nitrogens with one attached hydrogen (secondary N) is 1. The molecule has 0 unspecified atom stereocenters. The zero-order valence-electron chi connectivity index (χ0n) is 17.1. The highest BCUT2D eigenvalue weighted by Crippen LogP contribution is 2.28. The zero-order valence-corrected chi connectivity index (χ0v) is 18.7. The Morgan fingerprint density at radius 2 is 1.77 bits per heavy atom. The van der Waals surface area contributed by atoms with E-state index >= 15 is 0 Å². The number of nitriles is 1. The van der Waals surface area contributed by atoms with Crippen LogP contribution in [0.2, 0.25) is 0 Å². The van der Waals surface area contributed by atoms with Gasteiger partial charge in [-0.3, -0.25) is 4.79 Å². The highest BCUT2D eigenvalue weighted by atomic mass is 79.9. The fraction of sp³-hybridized carbons (Fsp3) is 0.120. The Morgan fingerprint density at radius 1 is 1.10 bits per heavy atom. The molecule has 0 saturated heterocycles. The van der Waals surface area contributed by atoms with E-state index in [-0.39, 0.29) is 5.57 Å². The van der Waals surface area contributed by atoms with Crippen molar-refractivity contribution in [2.45, 2.75) is 20.5 Å². The number of rotatable bonds is 6. The van der Waals surface area contributed by atoms with E-state index < -0.39 is 11.7 Å². The SMILES string of the molecule is Cc1cc(C)cc(COc2ccc(/C=C(\C#N)C(=O)Nc3ccc(F)cc3)cc2Br)c1. The lowest BCUT2D eigenvalue weighted by atomic mass is 10.1. The average Bonchev–Trinajstić information content (AvgIpc) is 2.72. The number of ether oxygens (including phenoxy) is 1. The van der Waals surface area contributed by atoms with E-state index in [1.54, 1.807) is 18.2 Å². The Balaban J connectivity index is 1.71. The van der Waals surface area contributed by atoms with E-state index in [2.05, 4.69) is 39.4 Å². The monoisotopic (exact) mass is 478 g/mol. The lowest BCUT2D eigenvalue weighted by molar-refractivity contribution is -0.112. The number of hydrogen-bond acceptors (Lipinski definition) is 3. The second-order valence-corrected chi connectivity index (χ2v) is 7.96. The molecule has 0 atom stereocenters. The van der Waals surface area contributed by atoms with Crippen LogP contribution in [0.5, 0.6) is 5.75 Å². The van der Waals surface area contributed by atoms with Crippen molar-refractivity contribution < 1.29 is 13.9 Å². The van der Waals surface area contributed by atoms with Crippen molar-refractivity contribution >= 4 is 33.6 Å². The van der Waals surface area contributed by atoms with Crippen molar-refractivity contribution in [3.05, 3.63) is 98.8 Å². The minimum absolute atomic E-state index is 0.0693. The topological polar surface area (TPSA) is 62.1 Å². The molecule has 0 heterocycles. The molecule has 0 fully saturated rings. The Hall–Kier alpha value is -3.43. The van der Waals surface area contributed by atoms with Crippen LogP contribution in [0.25, 0.3) is 6.08 Å². The van der Waals surface area contributed by atoms with Crippen molar-refractivity contribution in [2.75, 3.05) is 5.32 Å². The summed E-state index contributed by atoms with van der Waals surface area (Å²) >= 11 is 3.49. The fourth-order valence-corrected chi connectivity index (χ4v) is 3.60. The van der Waals surface area contributed by atoms with Gasteiger partial charge in [0.05, 0.1) is 4.47 Å². The molecule has 0 radical (unpaired) electrons. The molecule has 156 valence electrons. The quantitative estimate of drug-likeness (QED) is 0.332. The zero-order chi connectivity index (χ0) is 22.4. The number of anilines is 1. The predicted molar refractivity (Wildman–Crippen MR) is 123 cm³/mol. The minimum atomic E-state index is -0.569. The summed E-state index contributed by atoms with van der Waals surface area (Å²) in [6.45, 7) is 4.53. The summed E-state index contributed by atoms with van der Waals surface area (Å²) in [5.41, 5.74) is 4.44. The Morgan fingerprint density at radius 3 is 2.39 bits per heavy atom. The number of halogens is 2. The summed E-state index contributed by atoms with van der Waals surface area (Å²) in [6, 6.07) is 18.8. The van der Waals surface area contributed by atoms with Gasteiger partial charge in [0.25, 0.3) is 5.91 Å². The molecule has 1 amide bonds.